The van der Waals surface area contributed by atoms with E-state index in [9.17, 15) is 0 Å². The average Bonchev–Trinajstić information content (AvgIpc) is 3.33. The third-order valence-corrected chi connectivity index (χ3v) is 16.2. The van der Waals surface area contributed by atoms with Gasteiger partial charge < -0.3 is 4.57 Å². The molecule has 41 heavy (non-hydrogen) atoms. The molecule has 0 N–H and O–H groups in total. The molecule has 4 rings (SSSR count). The molecule has 1 aromatic rings. The molecule has 230 valence electrons. The maximum Gasteiger partial charge on any atom is 0.127 e. The summed E-state index contributed by atoms with van der Waals surface area (Å²) in [6.07, 6.45) is 20.6. The van der Waals surface area contributed by atoms with Crippen molar-refractivity contribution in [2.45, 2.75) is 168 Å². The molecule has 0 saturated heterocycles. The zero-order chi connectivity index (χ0) is 30.2. The summed E-state index contributed by atoms with van der Waals surface area (Å²) in [4.78, 5) is 0. The molecule has 4 unspecified atom stereocenters. The summed E-state index contributed by atoms with van der Waals surface area (Å²) in [6, 6.07) is 9.61. The normalized spacial score (nSPS) is 25.6. The summed E-state index contributed by atoms with van der Waals surface area (Å²) < 4.78 is 3.00. The van der Waals surface area contributed by atoms with Gasteiger partial charge in [-0.25, -0.2) is 0 Å². The van der Waals surface area contributed by atoms with Crippen molar-refractivity contribution in [3.05, 3.63) is 53.1 Å². The summed E-state index contributed by atoms with van der Waals surface area (Å²) in [5.74, 6) is 2.13. The molecule has 0 spiro atoms. The molecule has 1 nitrogen and oxygen atoms in total. The maximum atomic E-state index is 3.00. The van der Waals surface area contributed by atoms with Crippen molar-refractivity contribution in [2.75, 3.05) is 0 Å². The Morgan fingerprint density at radius 2 is 1.37 bits per heavy atom. The molecule has 1 fully saturated rings. The van der Waals surface area contributed by atoms with Crippen molar-refractivity contribution in [3.8, 4) is 0 Å². The van der Waals surface area contributed by atoms with Crippen LogP contribution in [0.3, 0.4) is 0 Å². The lowest BCUT2D eigenvalue weighted by molar-refractivity contribution is 0.121. The quantitative estimate of drug-likeness (QED) is 0.177. The second-order valence-corrected chi connectivity index (χ2v) is 21.1. The van der Waals surface area contributed by atoms with Crippen molar-refractivity contribution in [1.82, 2.24) is 4.57 Å². The van der Waals surface area contributed by atoms with Crippen LogP contribution in [0.2, 0.25) is 18.6 Å². The molecule has 0 bridgehead atoms. The molecule has 1 saturated carbocycles. The van der Waals surface area contributed by atoms with Crippen LogP contribution < -0.4 is 0 Å². The van der Waals surface area contributed by atoms with Gasteiger partial charge in [0.2, 0.25) is 0 Å². The molecule has 3 aliphatic carbocycles. The van der Waals surface area contributed by atoms with Crippen molar-refractivity contribution in [3.63, 3.8) is 0 Å². The Kier molecular flexibility index (Phi) is 9.97. The fourth-order valence-corrected chi connectivity index (χ4v) is 17.3. The monoisotopic (exact) mass is 575 g/mol. The number of benzene rings is 1. The van der Waals surface area contributed by atoms with E-state index in [-0.39, 0.29) is 16.5 Å². The summed E-state index contributed by atoms with van der Waals surface area (Å²) in [5.41, 5.74) is 7.93. The van der Waals surface area contributed by atoms with E-state index in [1.165, 1.54) is 70.6 Å². The van der Waals surface area contributed by atoms with Gasteiger partial charge in [0.1, 0.15) is 8.24 Å². The van der Waals surface area contributed by atoms with Crippen LogP contribution in [0.4, 0.5) is 0 Å². The van der Waals surface area contributed by atoms with E-state index in [0.29, 0.717) is 11.8 Å². The zero-order valence-electron chi connectivity index (χ0n) is 29.0. The summed E-state index contributed by atoms with van der Waals surface area (Å²) in [7, 11) is -1.82. The van der Waals surface area contributed by atoms with Crippen LogP contribution in [-0.2, 0) is 5.41 Å². The van der Waals surface area contributed by atoms with Gasteiger partial charge in [0.25, 0.3) is 0 Å². The molecule has 0 radical (unpaired) electrons. The standard InChI is InChI=1S/C39H65NSi/c1-12-14-16-20-24-39(25-21-17-15-13-2)34-23-19-18-22-31(34)33-27-30-26-29(3)36(32(30)28-35(33)39)41(10,11)40(37(4,5)6)38(7,8)9/h18-19,22-23,27-30,32,36H,12-17,20-21,24-26H2,1-11H3. The van der Waals surface area contributed by atoms with Gasteiger partial charge in [0.05, 0.1) is 0 Å². The van der Waals surface area contributed by atoms with Crippen LogP contribution in [0.1, 0.15) is 144 Å². The number of allylic oxidation sites excluding steroid dienone is 4. The Hall–Kier alpha value is -1.12. The molecular formula is C39H65NSi. The van der Waals surface area contributed by atoms with Crippen LogP contribution in [0.25, 0.3) is 5.57 Å². The molecule has 0 aliphatic heterocycles. The van der Waals surface area contributed by atoms with E-state index < -0.39 is 8.24 Å². The number of hydrogen-bond donors (Lipinski definition) is 0. The summed E-state index contributed by atoms with van der Waals surface area (Å²) in [5, 5.41) is 0. The van der Waals surface area contributed by atoms with Crippen molar-refractivity contribution >= 4 is 13.8 Å². The van der Waals surface area contributed by atoms with Crippen LogP contribution in [0.5, 0.6) is 0 Å². The smallest absolute Gasteiger partial charge is 0.127 e. The van der Waals surface area contributed by atoms with Crippen LogP contribution >= 0.6 is 0 Å². The highest BCUT2D eigenvalue weighted by Gasteiger charge is 2.57. The highest BCUT2D eigenvalue weighted by atomic mass is 28.3. The van der Waals surface area contributed by atoms with E-state index >= 15 is 0 Å². The number of fused-ring (bicyclic) bond motifs is 4. The van der Waals surface area contributed by atoms with Crippen LogP contribution in [-0.4, -0.2) is 23.9 Å². The number of unbranched alkanes of at least 4 members (excludes halogenated alkanes) is 6. The first kappa shape index (κ1) is 32.8. The Morgan fingerprint density at radius 3 is 1.90 bits per heavy atom. The fraction of sp³-hybridized carbons (Fsp3) is 0.744. The van der Waals surface area contributed by atoms with Crippen molar-refractivity contribution in [2.24, 2.45) is 17.8 Å². The Balaban J connectivity index is 1.82. The van der Waals surface area contributed by atoms with Crippen molar-refractivity contribution < 1.29 is 0 Å². The Labute approximate surface area is 256 Å². The van der Waals surface area contributed by atoms with Crippen LogP contribution in [0, 0.1) is 17.8 Å². The minimum atomic E-state index is -1.82. The van der Waals surface area contributed by atoms with E-state index in [1.54, 1.807) is 22.3 Å². The van der Waals surface area contributed by atoms with E-state index in [1.807, 2.05) is 0 Å². The predicted octanol–water partition coefficient (Wildman–Crippen LogP) is 11.9. The highest BCUT2D eigenvalue weighted by Crippen LogP contribution is 2.63. The molecule has 0 aromatic heterocycles. The van der Waals surface area contributed by atoms with E-state index in [0.717, 1.165) is 11.5 Å². The zero-order valence-corrected chi connectivity index (χ0v) is 30.0. The third-order valence-electron chi connectivity index (χ3n) is 11.1. The van der Waals surface area contributed by atoms with Gasteiger partial charge in [-0.05, 0) is 106 Å². The lowest BCUT2D eigenvalue weighted by Gasteiger charge is -2.57. The molecule has 2 heteroatoms. The van der Waals surface area contributed by atoms with Gasteiger partial charge in [0.15, 0.2) is 0 Å². The van der Waals surface area contributed by atoms with Crippen LogP contribution in [0.15, 0.2) is 42.0 Å². The minimum Gasteiger partial charge on any atom is -0.314 e. The van der Waals surface area contributed by atoms with E-state index in [2.05, 4.69) is 116 Å². The summed E-state index contributed by atoms with van der Waals surface area (Å²) >= 11 is 0. The average molecular weight is 576 g/mol. The molecule has 4 atom stereocenters. The number of rotatable bonds is 12. The molecule has 1 aromatic carbocycles. The van der Waals surface area contributed by atoms with Gasteiger partial charge in [-0.2, -0.15) is 0 Å². The van der Waals surface area contributed by atoms with Gasteiger partial charge >= 0.3 is 0 Å². The highest BCUT2D eigenvalue weighted by molar-refractivity contribution is 6.76. The number of nitrogens with zero attached hydrogens (tertiary/aromatic N) is 1. The lowest BCUT2D eigenvalue weighted by Crippen LogP contribution is -2.67. The topological polar surface area (TPSA) is 3.24 Å². The first-order valence-electron chi connectivity index (χ1n) is 17.5. The number of hydrogen-bond acceptors (Lipinski definition) is 1. The molecule has 0 amide bonds. The largest absolute Gasteiger partial charge is 0.314 e. The first-order chi connectivity index (χ1) is 19.2. The lowest BCUT2D eigenvalue weighted by atomic mass is 9.68. The van der Waals surface area contributed by atoms with Gasteiger partial charge in [0, 0.05) is 16.5 Å². The second kappa shape index (κ2) is 12.5. The Morgan fingerprint density at radius 1 is 0.805 bits per heavy atom. The third kappa shape index (κ3) is 6.26. The molecule has 3 aliphatic rings. The van der Waals surface area contributed by atoms with Gasteiger partial charge in [-0.3, -0.25) is 0 Å². The maximum absolute atomic E-state index is 3.00. The SMILES string of the molecule is CCCCCCC1(CCCCCC)C2=CC3C(C=C2c2ccccc21)CC(C)C3[Si](C)(C)N(C(C)(C)C)C(C)(C)C. The molecule has 0 heterocycles. The Bertz CT molecular complexity index is 1070. The van der Waals surface area contributed by atoms with Gasteiger partial charge in [-0.1, -0.05) is 122 Å². The van der Waals surface area contributed by atoms with Gasteiger partial charge in [-0.15, -0.1) is 0 Å². The molecular weight excluding hydrogens is 511 g/mol. The summed E-state index contributed by atoms with van der Waals surface area (Å²) in [6.45, 7) is 27.5. The van der Waals surface area contributed by atoms with Crippen molar-refractivity contribution in [1.29, 1.82) is 0 Å². The van der Waals surface area contributed by atoms with E-state index in [4.69, 9.17) is 0 Å². The minimum absolute atomic E-state index is 0.167. The predicted molar refractivity (Wildman–Crippen MR) is 185 cm³/mol. The first-order valence-corrected chi connectivity index (χ1v) is 20.6. The second-order valence-electron chi connectivity index (χ2n) is 16.7. The fourth-order valence-electron chi connectivity index (χ4n) is 10.7.